The molecule has 1 aliphatic heterocycles. The topological polar surface area (TPSA) is 75.7 Å². The van der Waals surface area contributed by atoms with Gasteiger partial charge in [-0.05, 0) is 29.0 Å². The van der Waals surface area contributed by atoms with Gasteiger partial charge in [0.05, 0.1) is 23.9 Å². The summed E-state index contributed by atoms with van der Waals surface area (Å²) in [6, 6.07) is 12.3. The van der Waals surface area contributed by atoms with E-state index in [9.17, 15) is 14.4 Å². The average molecular weight is 352 g/mol. The number of benzene rings is 2. The number of esters is 1. The van der Waals surface area contributed by atoms with Gasteiger partial charge in [0.15, 0.2) is 0 Å². The van der Waals surface area contributed by atoms with Crippen molar-refractivity contribution in [1.82, 2.24) is 5.01 Å². The van der Waals surface area contributed by atoms with Crippen molar-refractivity contribution in [2.75, 3.05) is 12.5 Å². The van der Waals surface area contributed by atoms with Crippen LogP contribution in [-0.2, 0) is 4.74 Å². The molecule has 2 heterocycles. The van der Waals surface area contributed by atoms with Gasteiger partial charge in [0, 0.05) is 5.39 Å². The van der Waals surface area contributed by atoms with Crippen LogP contribution in [0.15, 0.2) is 47.8 Å². The van der Waals surface area contributed by atoms with Crippen molar-refractivity contribution in [3.63, 3.8) is 0 Å². The second-order valence-electron chi connectivity index (χ2n) is 5.42. The molecule has 0 atom stereocenters. The van der Waals surface area contributed by atoms with Crippen LogP contribution in [0.25, 0.3) is 10.8 Å². The first-order chi connectivity index (χ1) is 12.1. The lowest BCUT2D eigenvalue weighted by Crippen LogP contribution is -2.44. The van der Waals surface area contributed by atoms with E-state index in [1.54, 1.807) is 35.7 Å². The van der Waals surface area contributed by atoms with Crippen LogP contribution in [0.5, 0.6) is 0 Å². The van der Waals surface area contributed by atoms with E-state index in [1.165, 1.54) is 18.4 Å². The number of carbonyl (C=O) groups excluding carboxylic acids is 3. The maximum atomic E-state index is 12.8. The molecule has 0 saturated carbocycles. The first kappa shape index (κ1) is 15.3. The molecule has 0 fully saturated rings. The molecule has 124 valence electrons. The summed E-state index contributed by atoms with van der Waals surface area (Å²) >= 11 is 1.17. The molecule has 6 nitrogen and oxygen atoms in total. The first-order valence-electron chi connectivity index (χ1n) is 7.45. The summed E-state index contributed by atoms with van der Waals surface area (Å²) in [7, 11) is 1.28. The minimum Gasteiger partial charge on any atom is -0.465 e. The van der Waals surface area contributed by atoms with Gasteiger partial charge in [-0.2, -0.15) is 5.01 Å². The number of hydrogen-bond acceptors (Lipinski definition) is 6. The number of hydrazine groups is 1. The lowest BCUT2D eigenvalue weighted by atomic mass is 9.95. The van der Waals surface area contributed by atoms with E-state index in [4.69, 9.17) is 4.74 Å². The number of methoxy groups -OCH3 is 1. The zero-order chi connectivity index (χ0) is 17.6. The lowest BCUT2D eigenvalue weighted by Gasteiger charge is -2.27. The summed E-state index contributed by atoms with van der Waals surface area (Å²) in [6.45, 7) is 0. The number of ether oxygens (including phenoxy) is 1. The largest absolute Gasteiger partial charge is 0.465 e. The smallest absolute Gasteiger partial charge is 0.350 e. The SMILES string of the molecule is COC(=O)c1sccc1NN1C(=O)c2cccc3cccc(c23)C1=O. The standard InChI is InChI=1S/C18H12N2O4S/c1-24-18(23)15-13(8-9-25-15)19-20-16(21)11-6-2-4-10-5-3-7-12(14(10)11)17(20)22/h2-9,19H,1H3. The highest BCUT2D eigenvalue weighted by Gasteiger charge is 2.33. The lowest BCUT2D eigenvalue weighted by molar-refractivity contribution is 0.0597. The summed E-state index contributed by atoms with van der Waals surface area (Å²) in [5.74, 6) is -1.45. The third-order valence-electron chi connectivity index (χ3n) is 4.04. The Kier molecular flexibility index (Phi) is 3.51. The average Bonchev–Trinajstić information content (AvgIpc) is 3.10. The van der Waals surface area contributed by atoms with Crippen molar-refractivity contribution in [2.45, 2.75) is 0 Å². The van der Waals surface area contributed by atoms with Crippen LogP contribution < -0.4 is 5.43 Å². The van der Waals surface area contributed by atoms with Gasteiger partial charge >= 0.3 is 5.97 Å². The highest BCUT2D eigenvalue weighted by molar-refractivity contribution is 7.12. The number of anilines is 1. The normalized spacial score (nSPS) is 13.2. The second kappa shape index (κ2) is 5.71. The molecule has 3 aromatic rings. The quantitative estimate of drug-likeness (QED) is 0.578. The fourth-order valence-corrected chi connectivity index (χ4v) is 3.66. The van der Waals surface area contributed by atoms with Crippen LogP contribution in [0.2, 0.25) is 0 Å². The number of hydrogen-bond donors (Lipinski definition) is 1. The molecule has 0 saturated heterocycles. The van der Waals surface area contributed by atoms with Gasteiger partial charge in [0.1, 0.15) is 4.88 Å². The van der Waals surface area contributed by atoms with E-state index in [-0.39, 0.29) is 0 Å². The van der Waals surface area contributed by atoms with E-state index >= 15 is 0 Å². The Balaban J connectivity index is 1.79. The summed E-state index contributed by atoms with van der Waals surface area (Å²) in [5, 5.41) is 4.10. The van der Waals surface area contributed by atoms with Gasteiger partial charge < -0.3 is 4.74 Å². The number of nitrogens with zero attached hydrogens (tertiary/aromatic N) is 1. The molecule has 1 N–H and O–H groups in total. The summed E-state index contributed by atoms with van der Waals surface area (Å²) in [5.41, 5.74) is 4.00. The summed E-state index contributed by atoms with van der Waals surface area (Å²) in [4.78, 5) is 37.7. The van der Waals surface area contributed by atoms with Crippen LogP contribution >= 0.6 is 11.3 Å². The Bertz CT molecular complexity index is 990. The number of imide groups is 1. The van der Waals surface area contributed by atoms with Crippen molar-refractivity contribution in [3.8, 4) is 0 Å². The van der Waals surface area contributed by atoms with Gasteiger partial charge in [-0.3, -0.25) is 15.0 Å². The highest BCUT2D eigenvalue weighted by atomic mass is 32.1. The summed E-state index contributed by atoms with van der Waals surface area (Å²) < 4.78 is 4.72. The van der Waals surface area contributed by atoms with Crippen LogP contribution in [0.1, 0.15) is 30.4 Å². The second-order valence-corrected chi connectivity index (χ2v) is 6.34. The van der Waals surface area contributed by atoms with Crippen molar-refractivity contribution >= 4 is 45.6 Å². The fourth-order valence-electron chi connectivity index (χ4n) is 2.90. The maximum absolute atomic E-state index is 12.8. The molecule has 4 rings (SSSR count). The molecule has 0 unspecified atom stereocenters. The number of nitrogens with one attached hydrogen (secondary N) is 1. The van der Waals surface area contributed by atoms with Crippen LogP contribution in [-0.4, -0.2) is 29.9 Å². The predicted octanol–water partition coefficient (Wildman–Crippen LogP) is 3.31. The minimum atomic E-state index is -0.531. The zero-order valence-corrected chi connectivity index (χ0v) is 13.9. The molecular formula is C18H12N2O4S. The number of rotatable bonds is 3. The molecule has 0 spiro atoms. The Hall–Kier alpha value is -3.19. The Morgan fingerprint density at radius 2 is 1.68 bits per heavy atom. The fraction of sp³-hybridized carbons (Fsp3) is 0.0556. The predicted molar refractivity (Wildman–Crippen MR) is 93.7 cm³/mol. The molecule has 0 bridgehead atoms. The molecule has 1 aliphatic rings. The Morgan fingerprint density at radius 3 is 2.28 bits per heavy atom. The van der Waals surface area contributed by atoms with Crippen molar-refractivity contribution in [3.05, 3.63) is 63.8 Å². The van der Waals surface area contributed by atoms with Crippen LogP contribution in [0.4, 0.5) is 5.69 Å². The number of thiophene rings is 1. The Labute approximate surface area is 146 Å². The third kappa shape index (κ3) is 2.28. The monoisotopic (exact) mass is 352 g/mol. The van der Waals surface area contributed by atoms with Gasteiger partial charge in [-0.25, -0.2) is 4.79 Å². The van der Waals surface area contributed by atoms with Gasteiger partial charge in [0.25, 0.3) is 11.8 Å². The van der Waals surface area contributed by atoms with Crippen molar-refractivity contribution < 1.29 is 19.1 Å². The third-order valence-corrected chi connectivity index (χ3v) is 4.93. The number of amides is 2. The number of carbonyl (C=O) groups is 3. The highest BCUT2D eigenvalue weighted by Crippen LogP contribution is 2.31. The molecule has 2 aromatic carbocycles. The molecular weight excluding hydrogens is 340 g/mol. The molecule has 2 amide bonds. The van der Waals surface area contributed by atoms with E-state index in [0.717, 1.165) is 10.4 Å². The molecule has 0 aliphatic carbocycles. The Morgan fingerprint density at radius 1 is 1.04 bits per heavy atom. The van der Waals surface area contributed by atoms with Crippen LogP contribution in [0.3, 0.4) is 0 Å². The molecule has 1 aromatic heterocycles. The molecule has 7 heteroatoms. The van der Waals surface area contributed by atoms with E-state index in [2.05, 4.69) is 5.43 Å². The zero-order valence-electron chi connectivity index (χ0n) is 13.1. The van der Waals surface area contributed by atoms with Gasteiger partial charge in [0.2, 0.25) is 0 Å². The van der Waals surface area contributed by atoms with Gasteiger partial charge in [-0.1, -0.05) is 24.3 Å². The molecule has 25 heavy (non-hydrogen) atoms. The van der Waals surface area contributed by atoms with Gasteiger partial charge in [-0.15, -0.1) is 11.3 Å². The summed E-state index contributed by atoms with van der Waals surface area (Å²) in [6.07, 6.45) is 0. The van der Waals surface area contributed by atoms with Crippen molar-refractivity contribution in [2.24, 2.45) is 0 Å². The van der Waals surface area contributed by atoms with E-state index in [0.29, 0.717) is 27.1 Å². The van der Waals surface area contributed by atoms with E-state index in [1.807, 2.05) is 12.1 Å². The van der Waals surface area contributed by atoms with Crippen molar-refractivity contribution in [1.29, 1.82) is 0 Å². The van der Waals surface area contributed by atoms with E-state index < -0.39 is 17.8 Å². The minimum absolute atomic E-state index is 0.292. The van der Waals surface area contributed by atoms with Crippen LogP contribution in [0, 0.1) is 0 Å². The first-order valence-corrected chi connectivity index (χ1v) is 8.33. The molecule has 0 radical (unpaired) electrons. The maximum Gasteiger partial charge on any atom is 0.350 e.